The van der Waals surface area contributed by atoms with Crippen molar-refractivity contribution in [2.24, 2.45) is 0 Å². The van der Waals surface area contributed by atoms with Gasteiger partial charge in [0.2, 0.25) is 0 Å². The molecule has 0 spiro atoms. The van der Waals surface area contributed by atoms with Crippen molar-refractivity contribution in [1.29, 1.82) is 0 Å². The first-order valence-electron chi connectivity index (χ1n) is 5.71. The van der Waals surface area contributed by atoms with Crippen molar-refractivity contribution in [1.82, 2.24) is 0 Å². The van der Waals surface area contributed by atoms with Gasteiger partial charge in [0.25, 0.3) is 0 Å². The van der Waals surface area contributed by atoms with Crippen LogP contribution in [0.15, 0.2) is 42.5 Å². The van der Waals surface area contributed by atoms with Crippen LogP contribution in [0.5, 0.6) is 11.5 Å². The third-order valence-electron chi connectivity index (χ3n) is 2.81. The first-order valence-corrected chi connectivity index (χ1v) is 5.71. The highest BCUT2D eigenvalue weighted by molar-refractivity contribution is 5.93. The van der Waals surface area contributed by atoms with E-state index < -0.39 is 5.97 Å². The Labute approximate surface area is 111 Å². The van der Waals surface area contributed by atoms with Crippen molar-refractivity contribution >= 4 is 5.97 Å². The summed E-state index contributed by atoms with van der Waals surface area (Å²) in [6, 6.07) is 12.3. The Morgan fingerprint density at radius 2 is 1.79 bits per heavy atom. The normalized spacial score (nSPS) is 10.0. The number of hydrogen-bond acceptors (Lipinski definition) is 4. The lowest BCUT2D eigenvalue weighted by Gasteiger charge is -2.07. The molecule has 0 radical (unpaired) electrons. The first-order chi connectivity index (χ1) is 9.15. The van der Waals surface area contributed by atoms with Crippen LogP contribution in [0.4, 0.5) is 0 Å². The van der Waals surface area contributed by atoms with E-state index in [9.17, 15) is 9.90 Å². The molecular formula is C15H14O4. The maximum absolute atomic E-state index is 11.4. The van der Waals surface area contributed by atoms with Gasteiger partial charge in [-0.15, -0.1) is 0 Å². The third kappa shape index (κ3) is 2.68. The predicted molar refractivity (Wildman–Crippen MR) is 71.4 cm³/mol. The third-order valence-corrected chi connectivity index (χ3v) is 2.81. The second-order valence-electron chi connectivity index (χ2n) is 3.96. The SMILES string of the molecule is COC(=O)c1ccc(-c2cccc(OC)c2)cc1O. The highest BCUT2D eigenvalue weighted by Crippen LogP contribution is 2.28. The molecule has 0 aromatic heterocycles. The Hall–Kier alpha value is -2.49. The standard InChI is InChI=1S/C15H14O4/c1-18-12-5-3-4-10(8-12)11-6-7-13(14(16)9-11)15(17)19-2/h3-9,16H,1-2H3. The number of phenolic OH excluding ortho intramolecular Hbond substituents is 1. The van der Waals surface area contributed by atoms with Crippen molar-refractivity contribution in [3.8, 4) is 22.6 Å². The van der Waals surface area contributed by atoms with Gasteiger partial charge in [-0.3, -0.25) is 0 Å². The summed E-state index contributed by atoms with van der Waals surface area (Å²) in [6.07, 6.45) is 0. The monoisotopic (exact) mass is 258 g/mol. The lowest BCUT2D eigenvalue weighted by atomic mass is 10.0. The van der Waals surface area contributed by atoms with Crippen LogP contribution in [0.2, 0.25) is 0 Å². The van der Waals surface area contributed by atoms with E-state index in [-0.39, 0.29) is 11.3 Å². The van der Waals surface area contributed by atoms with E-state index in [1.165, 1.54) is 19.2 Å². The Morgan fingerprint density at radius 3 is 2.42 bits per heavy atom. The molecule has 0 saturated carbocycles. The second-order valence-corrected chi connectivity index (χ2v) is 3.96. The van der Waals surface area contributed by atoms with Gasteiger partial charge < -0.3 is 14.6 Å². The van der Waals surface area contributed by atoms with Crippen LogP contribution >= 0.6 is 0 Å². The Morgan fingerprint density at radius 1 is 1.05 bits per heavy atom. The maximum atomic E-state index is 11.4. The molecule has 0 aliphatic heterocycles. The summed E-state index contributed by atoms with van der Waals surface area (Å²) in [7, 11) is 2.87. The van der Waals surface area contributed by atoms with Crippen LogP contribution in [0.3, 0.4) is 0 Å². The number of benzene rings is 2. The van der Waals surface area contributed by atoms with Gasteiger partial charge >= 0.3 is 5.97 Å². The molecule has 0 amide bonds. The van der Waals surface area contributed by atoms with Gasteiger partial charge in [0.15, 0.2) is 0 Å². The van der Waals surface area contributed by atoms with E-state index in [0.29, 0.717) is 0 Å². The number of methoxy groups -OCH3 is 2. The topological polar surface area (TPSA) is 55.8 Å². The van der Waals surface area contributed by atoms with Gasteiger partial charge in [0.05, 0.1) is 14.2 Å². The fourth-order valence-electron chi connectivity index (χ4n) is 1.80. The lowest BCUT2D eigenvalue weighted by molar-refractivity contribution is 0.0597. The number of rotatable bonds is 3. The number of carbonyl (C=O) groups is 1. The van der Waals surface area contributed by atoms with Crippen LogP contribution in [0.25, 0.3) is 11.1 Å². The molecule has 0 heterocycles. The number of carbonyl (C=O) groups excluding carboxylic acids is 1. The molecule has 0 bridgehead atoms. The van der Waals surface area contributed by atoms with Gasteiger partial charge in [-0.2, -0.15) is 0 Å². The first kappa shape index (κ1) is 13.0. The van der Waals surface area contributed by atoms with E-state index in [0.717, 1.165) is 16.9 Å². The second kappa shape index (κ2) is 5.44. The molecule has 0 saturated heterocycles. The summed E-state index contributed by atoms with van der Waals surface area (Å²) in [5.74, 6) is 0.0656. The average molecular weight is 258 g/mol. The molecule has 98 valence electrons. The molecule has 1 N–H and O–H groups in total. The quantitative estimate of drug-likeness (QED) is 0.860. The molecule has 0 fully saturated rings. The van der Waals surface area contributed by atoms with E-state index in [4.69, 9.17) is 4.74 Å². The number of esters is 1. The van der Waals surface area contributed by atoms with Crippen LogP contribution < -0.4 is 4.74 Å². The molecule has 0 atom stereocenters. The predicted octanol–water partition coefficient (Wildman–Crippen LogP) is 2.85. The Balaban J connectivity index is 2.41. The smallest absolute Gasteiger partial charge is 0.341 e. The number of phenols is 1. The maximum Gasteiger partial charge on any atom is 0.341 e. The summed E-state index contributed by atoms with van der Waals surface area (Å²) in [5.41, 5.74) is 1.84. The minimum atomic E-state index is -0.560. The molecule has 4 heteroatoms. The van der Waals surface area contributed by atoms with Gasteiger partial charge in [-0.05, 0) is 35.4 Å². The largest absolute Gasteiger partial charge is 0.507 e. The lowest BCUT2D eigenvalue weighted by Crippen LogP contribution is -2.01. The van der Waals surface area contributed by atoms with Crippen molar-refractivity contribution in [2.45, 2.75) is 0 Å². The van der Waals surface area contributed by atoms with Crippen molar-refractivity contribution in [3.63, 3.8) is 0 Å². The van der Waals surface area contributed by atoms with E-state index >= 15 is 0 Å². The summed E-state index contributed by atoms with van der Waals surface area (Å²) in [6.45, 7) is 0. The summed E-state index contributed by atoms with van der Waals surface area (Å²) < 4.78 is 9.73. The van der Waals surface area contributed by atoms with Gasteiger partial charge in [-0.1, -0.05) is 18.2 Å². The summed E-state index contributed by atoms with van der Waals surface area (Å²) in [4.78, 5) is 11.4. The zero-order valence-corrected chi connectivity index (χ0v) is 10.7. The average Bonchev–Trinajstić information content (AvgIpc) is 2.46. The number of ether oxygens (including phenoxy) is 2. The van der Waals surface area contributed by atoms with Gasteiger partial charge in [0.1, 0.15) is 17.1 Å². The molecule has 2 rings (SSSR count). The molecule has 0 aliphatic carbocycles. The molecule has 0 aliphatic rings. The van der Waals surface area contributed by atoms with Crippen molar-refractivity contribution in [2.75, 3.05) is 14.2 Å². The van der Waals surface area contributed by atoms with E-state index in [2.05, 4.69) is 4.74 Å². The summed E-state index contributed by atoms with van der Waals surface area (Å²) in [5, 5.41) is 9.85. The zero-order valence-electron chi connectivity index (χ0n) is 10.7. The van der Waals surface area contributed by atoms with E-state index in [1.807, 2.05) is 24.3 Å². The van der Waals surface area contributed by atoms with Crippen LogP contribution in [0, 0.1) is 0 Å². The summed E-state index contributed by atoms with van der Waals surface area (Å²) >= 11 is 0. The zero-order chi connectivity index (χ0) is 13.8. The van der Waals surface area contributed by atoms with Crippen molar-refractivity contribution in [3.05, 3.63) is 48.0 Å². The van der Waals surface area contributed by atoms with E-state index in [1.54, 1.807) is 13.2 Å². The number of hydrogen-bond donors (Lipinski definition) is 1. The van der Waals surface area contributed by atoms with Crippen LogP contribution in [0.1, 0.15) is 10.4 Å². The Kier molecular flexibility index (Phi) is 3.71. The molecule has 19 heavy (non-hydrogen) atoms. The van der Waals surface area contributed by atoms with Crippen LogP contribution in [-0.4, -0.2) is 25.3 Å². The fourth-order valence-corrected chi connectivity index (χ4v) is 1.80. The molecule has 2 aromatic carbocycles. The highest BCUT2D eigenvalue weighted by Gasteiger charge is 2.12. The van der Waals surface area contributed by atoms with Gasteiger partial charge in [-0.25, -0.2) is 4.79 Å². The van der Waals surface area contributed by atoms with Crippen LogP contribution in [-0.2, 0) is 4.74 Å². The van der Waals surface area contributed by atoms with Gasteiger partial charge in [0, 0.05) is 0 Å². The number of aromatic hydroxyl groups is 1. The Bertz CT molecular complexity index is 605. The highest BCUT2D eigenvalue weighted by atomic mass is 16.5. The fraction of sp³-hybridized carbons (Fsp3) is 0.133. The molecule has 0 unspecified atom stereocenters. The minimum absolute atomic E-state index is 0.104. The van der Waals surface area contributed by atoms with Crippen molar-refractivity contribution < 1.29 is 19.4 Å². The molecule has 4 nitrogen and oxygen atoms in total. The molecule has 2 aromatic rings. The minimum Gasteiger partial charge on any atom is -0.507 e. The molecular weight excluding hydrogens is 244 g/mol.